The van der Waals surface area contributed by atoms with Gasteiger partial charge in [0.1, 0.15) is 0 Å². The standard InChI is InChI=1S/C16H20F3NO2S/c1-11(21)8-13-5-3-7-20(13)15(22)10-23-14-6-2-4-12(9-14)16(17,18)19/h2,4,6,9,11,13,21H,3,5,7-8,10H2,1H3. The summed E-state index contributed by atoms with van der Waals surface area (Å²) in [6.07, 6.45) is -2.54. The van der Waals surface area contributed by atoms with E-state index < -0.39 is 17.8 Å². The molecule has 1 saturated heterocycles. The second-order valence-corrected chi connectivity index (χ2v) is 6.83. The summed E-state index contributed by atoms with van der Waals surface area (Å²) in [5.41, 5.74) is -0.705. The van der Waals surface area contributed by atoms with Crippen LogP contribution in [-0.2, 0) is 11.0 Å². The molecule has 1 N–H and O–H groups in total. The van der Waals surface area contributed by atoms with Gasteiger partial charge in [0.05, 0.1) is 17.4 Å². The Morgan fingerprint density at radius 2 is 2.22 bits per heavy atom. The summed E-state index contributed by atoms with van der Waals surface area (Å²) < 4.78 is 38.0. The quantitative estimate of drug-likeness (QED) is 0.828. The molecule has 0 saturated carbocycles. The van der Waals surface area contributed by atoms with Crippen LogP contribution in [0.15, 0.2) is 29.2 Å². The van der Waals surface area contributed by atoms with E-state index in [0.717, 1.165) is 36.7 Å². The van der Waals surface area contributed by atoms with Crippen molar-refractivity contribution in [3.63, 3.8) is 0 Å². The van der Waals surface area contributed by atoms with Crippen LogP contribution in [0.3, 0.4) is 0 Å². The molecule has 1 aliphatic heterocycles. The van der Waals surface area contributed by atoms with Gasteiger partial charge in [0, 0.05) is 17.5 Å². The SMILES string of the molecule is CC(O)CC1CCCN1C(=O)CSc1cccc(C(F)(F)F)c1. The lowest BCUT2D eigenvalue weighted by Gasteiger charge is -2.25. The van der Waals surface area contributed by atoms with Gasteiger partial charge in [-0.3, -0.25) is 4.79 Å². The molecule has 1 fully saturated rings. The van der Waals surface area contributed by atoms with Crippen LogP contribution in [0.1, 0.15) is 31.7 Å². The molecule has 1 heterocycles. The first-order valence-electron chi connectivity index (χ1n) is 7.55. The van der Waals surface area contributed by atoms with Crippen LogP contribution >= 0.6 is 11.8 Å². The fourth-order valence-corrected chi connectivity index (χ4v) is 3.63. The molecule has 2 rings (SSSR count). The highest BCUT2D eigenvalue weighted by atomic mass is 32.2. The Bertz CT molecular complexity index is 548. The molecule has 0 aliphatic carbocycles. The molecule has 1 amide bonds. The topological polar surface area (TPSA) is 40.5 Å². The highest BCUT2D eigenvalue weighted by Gasteiger charge is 2.31. The smallest absolute Gasteiger partial charge is 0.393 e. The third-order valence-electron chi connectivity index (χ3n) is 3.83. The highest BCUT2D eigenvalue weighted by Crippen LogP contribution is 2.32. The number of halogens is 3. The summed E-state index contributed by atoms with van der Waals surface area (Å²) in [6, 6.07) is 5.04. The molecule has 2 atom stereocenters. The number of hydrogen-bond acceptors (Lipinski definition) is 3. The van der Waals surface area contributed by atoms with E-state index in [9.17, 15) is 23.1 Å². The molecular weight excluding hydrogens is 327 g/mol. The Hall–Kier alpha value is -1.21. The van der Waals surface area contributed by atoms with Crippen LogP contribution in [-0.4, -0.2) is 40.4 Å². The van der Waals surface area contributed by atoms with Crippen molar-refractivity contribution in [1.82, 2.24) is 4.90 Å². The van der Waals surface area contributed by atoms with E-state index >= 15 is 0 Å². The van der Waals surface area contributed by atoms with Crippen LogP contribution < -0.4 is 0 Å². The Balaban J connectivity index is 1.94. The maximum absolute atomic E-state index is 12.7. The lowest BCUT2D eigenvalue weighted by molar-refractivity contribution is -0.137. The van der Waals surface area contributed by atoms with Crippen LogP contribution in [0, 0.1) is 0 Å². The minimum atomic E-state index is -4.38. The molecule has 1 aromatic carbocycles. The van der Waals surface area contributed by atoms with Crippen molar-refractivity contribution in [1.29, 1.82) is 0 Å². The zero-order chi connectivity index (χ0) is 17.0. The van der Waals surface area contributed by atoms with Gasteiger partial charge in [-0.25, -0.2) is 0 Å². The van der Waals surface area contributed by atoms with E-state index in [2.05, 4.69) is 0 Å². The van der Waals surface area contributed by atoms with Gasteiger partial charge in [0.2, 0.25) is 5.91 Å². The van der Waals surface area contributed by atoms with Gasteiger partial charge in [0.15, 0.2) is 0 Å². The predicted octanol–water partition coefficient (Wildman–Crippen LogP) is 3.56. The number of likely N-dealkylation sites (tertiary alicyclic amines) is 1. The molecular formula is C16H20F3NO2S. The van der Waals surface area contributed by atoms with E-state index in [-0.39, 0.29) is 17.7 Å². The first-order valence-corrected chi connectivity index (χ1v) is 8.53. The second-order valence-electron chi connectivity index (χ2n) is 5.78. The zero-order valence-corrected chi connectivity index (χ0v) is 13.7. The van der Waals surface area contributed by atoms with Crippen LogP contribution in [0.25, 0.3) is 0 Å². The Morgan fingerprint density at radius 3 is 2.87 bits per heavy atom. The molecule has 0 spiro atoms. The van der Waals surface area contributed by atoms with Gasteiger partial charge in [-0.1, -0.05) is 6.07 Å². The number of rotatable bonds is 5. The van der Waals surface area contributed by atoms with Gasteiger partial charge in [-0.15, -0.1) is 11.8 Å². The maximum Gasteiger partial charge on any atom is 0.416 e. The largest absolute Gasteiger partial charge is 0.416 e. The summed E-state index contributed by atoms with van der Waals surface area (Å²) in [5.74, 6) is 0.0213. The van der Waals surface area contributed by atoms with E-state index in [1.54, 1.807) is 17.9 Å². The lowest BCUT2D eigenvalue weighted by atomic mass is 10.1. The third-order valence-corrected chi connectivity index (χ3v) is 4.81. The number of hydrogen-bond donors (Lipinski definition) is 1. The van der Waals surface area contributed by atoms with E-state index in [0.29, 0.717) is 17.9 Å². The van der Waals surface area contributed by atoms with Gasteiger partial charge < -0.3 is 10.0 Å². The number of nitrogens with zero attached hydrogens (tertiary/aromatic N) is 1. The van der Waals surface area contributed by atoms with Crippen molar-refractivity contribution in [2.45, 2.75) is 49.4 Å². The van der Waals surface area contributed by atoms with E-state index in [1.807, 2.05) is 0 Å². The van der Waals surface area contributed by atoms with Gasteiger partial charge in [-0.2, -0.15) is 13.2 Å². The molecule has 2 unspecified atom stereocenters. The third kappa shape index (κ3) is 5.14. The Morgan fingerprint density at radius 1 is 1.48 bits per heavy atom. The molecule has 0 radical (unpaired) electrons. The van der Waals surface area contributed by atoms with Crippen molar-refractivity contribution in [3.8, 4) is 0 Å². The van der Waals surface area contributed by atoms with Gasteiger partial charge >= 0.3 is 6.18 Å². The monoisotopic (exact) mass is 347 g/mol. The number of carbonyl (C=O) groups excluding carboxylic acids is 1. The minimum Gasteiger partial charge on any atom is -0.393 e. The molecule has 23 heavy (non-hydrogen) atoms. The number of benzene rings is 1. The van der Waals surface area contributed by atoms with Crippen LogP contribution in [0.5, 0.6) is 0 Å². The van der Waals surface area contributed by atoms with Crippen LogP contribution in [0.4, 0.5) is 13.2 Å². The number of thioether (sulfide) groups is 1. The van der Waals surface area contributed by atoms with Crippen molar-refractivity contribution >= 4 is 17.7 Å². The Kier molecular flexibility index (Phi) is 5.97. The molecule has 0 aromatic heterocycles. The summed E-state index contributed by atoms with van der Waals surface area (Å²) >= 11 is 1.11. The van der Waals surface area contributed by atoms with Crippen molar-refractivity contribution in [2.75, 3.05) is 12.3 Å². The number of alkyl halides is 3. The lowest BCUT2D eigenvalue weighted by Crippen LogP contribution is -2.38. The molecule has 3 nitrogen and oxygen atoms in total. The average molecular weight is 347 g/mol. The number of aliphatic hydroxyl groups is 1. The molecule has 1 aliphatic rings. The van der Waals surface area contributed by atoms with Gasteiger partial charge in [-0.05, 0) is 44.4 Å². The number of aliphatic hydroxyl groups excluding tert-OH is 1. The second kappa shape index (κ2) is 7.57. The summed E-state index contributed by atoms with van der Waals surface area (Å²) in [6.45, 7) is 2.34. The average Bonchev–Trinajstić information content (AvgIpc) is 2.91. The molecule has 7 heteroatoms. The normalized spacial score (nSPS) is 19.9. The van der Waals surface area contributed by atoms with Gasteiger partial charge in [0.25, 0.3) is 0 Å². The van der Waals surface area contributed by atoms with E-state index in [1.165, 1.54) is 6.07 Å². The minimum absolute atomic E-state index is 0.0320. The predicted molar refractivity (Wildman–Crippen MR) is 83.2 cm³/mol. The fourth-order valence-electron chi connectivity index (χ4n) is 2.79. The number of carbonyl (C=O) groups is 1. The highest BCUT2D eigenvalue weighted by molar-refractivity contribution is 8.00. The fraction of sp³-hybridized carbons (Fsp3) is 0.562. The first-order chi connectivity index (χ1) is 10.8. The molecule has 0 bridgehead atoms. The van der Waals surface area contributed by atoms with Crippen LogP contribution in [0.2, 0.25) is 0 Å². The van der Waals surface area contributed by atoms with Crippen molar-refractivity contribution < 1.29 is 23.1 Å². The first kappa shape index (κ1) is 18.1. The molecule has 128 valence electrons. The zero-order valence-electron chi connectivity index (χ0n) is 12.8. The summed E-state index contributed by atoms with van der Waals surface area (Å²) in [4.78, 5) is 14.5. The summed E-state index contributed by atoms with van der Waals surface area (Å²) in [5, 5.41) is 9.48. The molecule has 1 aromatic rings. The van der Waals surface area contributed by atoms with E-state index in [4.69, 9.17) is 0 Å². The van der Waals surface area contributed by atoms with Crippen molar-refractivity contribution in [2.24, 2.45) is 0 Å². The number of amides is 1. The maximum atomic E-state index is 12.7. The Labute approximate surface area is 137 Å². The van der Waals surface area contributed by atoms with Crippen molar-refractivity contribution in [3.05, 3.63) is 29.8 Å². The summed E-state index contributed by atoms with van der Waals surface area (Å²) in [7, 11) is 0.